The van der Waals surface area contributed by atoms with Crippen molar-refractivity contribution in [2.24, 2.45) is 0 Å². The number of piperidine rings is 1. The number of carbonyl (C=O) groups is 1. The third kappa shape index (κ3) is 3.79. The normalized spacial score (nSPS) is 18.9. The largest absolute Gasteiger partial charge is 0.442 e. The summed E-state index contributed by atoms with van der Waals surface area (Å²) in [6.07, 6.45) is 8.36. The highest BCUT2D eigenvalue weighted by molar-refractivity contribution is 7.89. The van der Waals surface area contributed by atoms with E-state index in [0.29, 0.717) is 17.0 Å². The smallest absolute Gasteiger partial charge is 0.274 e. The monoisotopic (exact) mass is 392 g/mol. The first-order chi connectivity index (χ1) is 13.0. The molecule has 27 heavy (non-hydrogen) atoms. The third-order valence-electron chi connectivity index (χ3n) is 5.28. The van der Waals surface area contributed by atoms with Crippen LogP contribution in [0.1, 0.15) is 55.3 Å². The molecule has 2 aromatic rings. The van der Waals surface area contributed by atoms with Crippen LogP contribution < -0.4 is 4.72 Å². The van der Waals surface area contributed by atoms with Crippen LogP contribution in [-0.2, 0) is 10.0 Å². The van der Waals surface area contributed by atoms with Crippen LogP contribution in [0.15, 0.2) is 27.8 Å². The lowest BCUT2D eigenvalue weighted by Gasteiger charge is -2.26. The van der Waals surface area contributed by atoms with Gasteiger partial charge in [0.2, 0.25) is 5.09 Å². The van der Waals surface area contributed by atoms with Gasteiger partial charge in [-0.1, -0.05) is 12.8 Å². The second-order valence-electron chi connectivity index (χ2n) is 7.23. The highest BCUT2D eigenvalue weighted by Crippen LogP contribution is 2.28. The molecule has 0 spiro atoms. The van der Waals surface area contributed by atoms with Gasteiger partial charge in [-0.3, -0.25) is 9.89 Å². The van der Waals surface area contributed by atoms with E-state index in [0.717, 1.165) is 58.0 Å². The minimum absolute atomic E-state index is 0.0352. The second-order valence-corrected chi connectivity index (χ2v) is 8.88. The number of sulfonamides is 1. The molecule has 0 atom stereocenters. The number of furan rings is 1. The van der Waals surface area contributed by atoms with Gasteiger partial charge in [-0.2, -0.15) is 5.10 Å². The van der Waals surface area contributed by atoms with Crippen molar-refractivity contribution < 1.29 is 17.6 Å². The first-order valence-electron chi connectivity index (χ1n) is 9.50. The molecular formula is C18H24N4O4S. The Balaban J connectivity index is 1.55. The van der Waals surface area contributed by atoms with Crippen LogP contribution in [0.25, 0.3) is 11.5 Å². The number of hydrogen-bond acceptors (Lipinski definition) is 5. The van der Waals surface area contributed by atoms with Gasteiger partial charge in [0.15, 0.2) is 5.76 Å². The summed E-state index contributed by atoms with van der Waals surface area (Å²) in [6, 6.07) is 2.94. The molecule has 0 radical (unpaired) electrons. The van der Waals surface area contributed by atoms with Gasteiger partial charge in [-0.05, 0) is 44.2 Å². The van der Waals surface area contributed by atoms with Crippen LogP contribution >= 0.6 is 0 Å². The quantitative estimate of drug-likeness (QED) is 0.813. The van der Waals surface area contributed by atoms with Gasteiger partial charge in [-0.25, -0.2) is 13.1 Å². The van der Waals surface area contributed by atoms with E-state index in [2.05, 4.69) is 14.9 Å². The van der Waals surface area contributed by atoms with Crippen LogP contribution in [0.5, 0.6) is 0 Å². The van der Waals surface area contributed by atoms with Gasteiger partial charge < -0.3 is 9.32 Å². The first kappa shape index (κ1) is 18.2. The summed E-state index contributed by atoms with van der Waals surface area (Å²) in [6.45, 7) is 1.46. The fraction of sp³-hybridized carbons (Fsp3) is 0.556. The molecule has 1 saturated heterocycles. The molecule has 1 saturated carbocycles. The molecule has 2 aliphatic rings. The summed E-state index contributed by atoms with van der Waals surface area (Å²) in [5.74, 6) is 0.183. The molecule has 1 amide bonds. The van der Waals surface area contributed by atoms with Gasteiger partial charge in [-0.15, -0.1) is 0 Å². The number of nitrogens with one attached hydrogen (secondary N) is 2. The molecule has 4 rings (SSSR count). The number of aromatic amines is 1. The van der Waals surface area contributed by atoms with Crippen LogP contribution in [-0.4, -0.2) is 48.6 Å². The Morgan fingerprint density at radius 2 is 1.89 bits per heavy atom. The summed E-state index contributed by atoms with van der Waals surface area (Å²) < 4.78 is 33.3. The molecular weight excluding hydrogens is 368 g/mol. The van der Waals surface area contributed by atoms with E-state index < -0.39 is 10.0 Å². The SMILES string of the molecule is O=C(c1cn[nH]c1-c1ccc(S(=O)(=O)NC2CCCC2)o1)N1CCCCC1. The standard InChI is InChI=1S/C18H24N4O4S/c23-18(22-10-4-1-5-11-22)14-12-19-20-17(14)15-8-9-16(26-15)27(24,25)21-13-6-2-3-7-13/h8-9,12-13,21H,1-7,10-11H2,(H,19,20). The van der Waals surface area contributed by atoms with Crippen molar-refractivity contribution in [3.63, 3.8) is 0 Å². The van der Waals surface area contributed by atoms with Crippen LogP contribution in [0.4, 0.5) is 0 Å². The summed E-state index contributed by atoms with van der Waals surface area (Å²) >= 11 is 0. The zero-order valence-corrected chi connectivity index (χ0v) is 15.9. The summed E-state index contributed by atoms with van der Waals surface area (Å²) in [5, 5.41) is 6.60. The Kier molecular flexibility index (Phi) is 5.05. The lowest BCUT2D eigenvalue weighted by atomic mass is 10.1. The molecule has 0 unspecified atom stereocenters. The van der Waals surface area contributed by atoms with Gasteiger partial charge in [0.05, 0.1) is 11.8 Å². The lowest BCUT2D eigenvalue weighted by molar-refractivity contribution is 0.0725. The third-order valence-corrected chi connectivity index (χ3v) is 6.68. The Morgan fingerprint density at radius 1 is 1.15 bits per heavy atom. The lowest BCUT2D eigenvalue weighted by Crippen LogP contribution is -2.35. The van der Waals surface area contributed by atoms with Gasteiger partial charge in [0.25, 0.3) is 15.9 Å². The van der Waals surface area contributed by atoms with E-state index in [1.807, 2.05) is 0 Å². The molecule has 2 N–H and O–H groups in total. The van der Waals surface area contributed by atoms with Crippen molar-refractivity contribution in [1.82, 2.24) is 19.8 Å². The molecule has 1 aliphatic heterocycles. The van der Waals surface area contributed by atoms with E-state index in [4.69, 9.17) is 4.42 Å². The average Bonchev–Trinajstić information content (AvgIpc) is 3.42. The Hall–Kier alpha value is -2.13. The van der Waals surface area contributed by atoms with Crippen molar-refractivity contribution >= 4 is 15.9 Å². The van der Waals surface area contributed by atoms with E-state index in [9.17, 15) is 13.2 Å². The number of H-pyrrole nitrogens is 1. The van der Waals surface area contributed by atoms with Crippen LogP contribution in [0, 0.1) is 0 Å². The Labute approximate surface area is 158 Å². The van der Waals surface area contributed by atoms with Crippen LogP contribution in [0.2, 0.25) is 0 Å². The summed E-state index contributed by atoms with van der Waals surface area (Å²) in [4.78, 5) is 14.6. The molecule has 1 aliphatic carbocycles. The van der Waals surface area contributed by atoms with E-state index in [1.54, 1.807) is 11.0 Å². The molecule has 146 valence electrons. The summed E-state index contributed by atoms with van der Waals surface area (Å²) in [5.41, 5.74) is 0.812. The summed E-state index contributed by atoms with van der Waals surface area (Å²) in [7, 11) is -3.71. The zero-order chi connectivity index (χ0) is 18.9. The number of rotatable bonds is 5. The maximum absolute atomic E-state index is 12.8. The Morgan fingerprint density at radius 3 is 2.63 bits per heavy atom. The predicted molar refractivity (Wildman–Crippen MR) is 98.6 cm³/mol. The predicted octanol–water partition coefficient (Wildman–Crippen LogP) is 2.52. The molecule has 2 aromatic heterocycles. The number of amides is 1. The van der Waals surface area contributed by atoms with Gasteiger partial charge >= 0.3 is 0 Å². The van der Waals surface area contributed by atoms with E-state index in [1.165, 1.54) is 12.3 Å². The molecule has 9 heteroatoms. The highest BCUT2D eigenvalue weighted by Gasteiger charge is 2.28. The van der Waals surface area contributed by atoms with Gasteiger partial charge in [0, 0.05) is 19.1 Å². The number of carbonyl (C=O) groups excluding carboxylic acids is 1. The minimum Gasteiger partial charge on any atom is -0.442 e. The number of aromatic nitrogens is 2. The van der Waals surface area contributed by atoms with Crippen molar-refractivity contribution in [2.75, 3.05) is 13.1 Å². The zero-order valence-electron chi connectivity index (χ0n) is 15.1. The topological polar surface area (TPSA) is 108 Å². The maximum atomic E-state index is 12.8. The number of hydrogen-bond donors (Lipinski definition) is 2. The molecule has 3 heterocycles. The molecule has 0 aromatic carbocycles. The highest BCUT2D eigenvalue weighted by atomic mass is 32.2. The first-order valence-corrected chi connectivity index (χ1v) is 11.0. The van der Waals surface area contributed by atoms with Crippen LogP contribution in [0.3, 0.4) is 0 Å². The van der Waals surface area contributed by atoms with Gasteiger partial charge in [0.1, 0.15) is 5.69 Å². The number of likely N-dealkylation sites (tertiary alicyclic amines) is 1. The molecule has 2 fully saturated rings. The van der Waals surface area contributed by atoms with E-state index >= 15 is 0 Å². The maximum Gasteiger partial charge on any atom is 0.274 e. The van der Waals surface area contributed by atoms with Crippen molar-refractivity contribution in [1.29, 1.82) is 0 Å². The van der Waals surface area contributed by atoms with Crippen molar-refractivity contribution in [3.8, 4) is 11.5 Å². The minimum atomic E-state index is -3.71. The fourth-order valence-electron chi connectivity index (χ4n) is 3.82. The second kappa shape index (κ2) is 7.47. The average molecular weight is 392 g/mol. The van der Waals surface area contributed by atoms with E-state index in [-0.39, 0.29) is 17.0 Å². The number of nitrogens with zero attached hydrogens (tertiary/aromatic N) is 2. The van der Waals surface area contributed by atoms with Crippen molar-refractivity contribution in [3.05, 3.63) is 23.9 Å². The van der Waals surface area contributed by atoms with Crippen molar-refractivity contribution in [2.45, 2.75) is 56.1 Å². The fourth-order valence-corrected chi connectivity index (χ4v) is 5.06. The molecule has 0 bridgehead atoms. The Bertz CT molecular complexity index is 905. The molecule has 8 nitrogen and oxygen atoms in total.